The number of nitrogens with zero attached hydrogens (tertiary/aromatic N) is 3. The number of hydrogen-bond acceptors (Lipinski definition) is 4. The molecule has 0 aliphatic rings. The smallest absolute Gasteiger partial charge is 0.287 e. The molecule has 0 atom stereocenters. The van der Waals surface area contributed by atoms with Crippen molar-refractivity contribution in [2.24, 2.45) is 5.73 Å². The third kappa shape index (κ3) is 2.43. The molecular weight excluding hydrogens is 360 g/mol. The predicted octanol–water partition coefficient (Wildman–Crippen LogP) is 2.68. The van der Waals surface area contributed by atoms with Gasteiger partial charge in [-0.1, -0.05) is 35.9 Å². The molecular formula is C17H15ClN4O2S. The number of para-hydroxylation sites is 1. The molecule has 1 aromatic carbocycles. The van der Waals surface area contributed by atoms with E-state index in [1.54, 1.807) is 42.7 Å². The minimum absolute atomic E-state index is 0.0511. The van der Waals surface area contributed by atoms with E-state index in [1.165, 1.54) is 8.37 Å². The lowest BCUT2D eigenvalue weighted by molar-refractivity contribution is 0.584. The highest BCUT2D eigenvalue weighted by Crippen LogP contribution is 2.29. The highest BCUT2D eigenvalue weighted by molar-refractivity contribution is 7.90. The molecule has 0 saturated carbocycles. The lowest BCUT2D eigenvalue weighted by atomic mass is 10.1. The Morgan fingerprint density at radius 3 is 2.68 bits per heavy atom. The van der Waals surface area contributed by atoms with E-state index in [2.05, 4.69) is 4.98 Å². The minimum atomic E-state index is -3.93. The largest absolute Gasteiger partial charge is 0.330 e. The van der Waals surface area contributed by atoms with Gasteiger partial charge in [0.05, 0.1) is 5.52 Å². The topological polar surface area (TPSA) is 82.4 Å². The lowest BCUT2D eigenvalue weighted by Crippen LogP contribution is -2.14. The van der Waals surface area contributed by atoms with Crippen LogP contribution in [0.2, 0.25) is 5.15 Å². The van der Waals surface area contributed by atoms with Crippen LogP contribution in [0.25, 0.3) is 16.6 Å². The molecule has 0 radical (unpaired) electrons. The van der Waals surface area contributed by atoms with Crippen LogP contribution < -0.4 is 5.73 Å². The van der Waals surface area contributed by atoms with Gasteiger partial charge < -0.3 is 5.73 Å². The molecule has 0 fully saturated rings. The summed E-state index contributed by atoms with van der Waals surface area (Å²) in [6.07, 6.45) is 3.84. The Morgan fingerprint density at radius 2 is 1.88 bits per heavy atom. The first-order valence-corrected chi connectivity index (χ1v) is 9.53. The molecule has 0 saturated heterocycles. The zero-order valence-electron chi connectivity index (χ0n) is 13.1. The van der Waals surface area contributed by atoms with E-state index in [-0.39, 0.29) is 10.2 Å². The van der Waals surface area contributed by atoms with Crippen LogP contribution >= 0.6 is 11.6 Å². The summed E-state index contributed by atoms with van der Waals surface area (Å²) < 4.78 is 29.4. The van der Waals surface area contributed by atoms with E-state index in [4.69, 9.17) is 17.3 Å². The van der Waals surface area contributed by atoms with Gasteiger partial charge in [0.1, 0.15) is 5.65 Å². The van der Waals surface area contributed by atoms with Gasteiger partial charge in [-0.05, 0) is 36.7 Å². The number of aromatic nitrogens is 3. The Hall–Kier alpha value is -2.35. The van der Waals surface area contributed by atoms with Crippen LogP contribution in [-0.4, -0.2) is 28.3 Å². The molecule has 0 aliphatic carbocycles. The van der Waals surface area contributed by atoms with Gasteiger partial charge in [0.15, 0.2) is 10.2 Å². The highest BCUT2D eigenvalue weighted by Gasteiger charge is 2.28. The maximum Gasteiger partial charge on any atom is 0.287 e. The van der Waals surface area contributed by atoms with Crippen molar-refractivity contribution < 1.29 is 8.42 Å². The van der Waals surface area contributed by atoms with Crippen LogP contribution in [-0.2, 0) is 16.4 Å². The van der Waals surface area contributed by atoms with Crippen LogP contribution in [0.15, 0.2) is 59.9 Å². The number of benzene rings is 1. The van der Waals surface area contributed by atoms with E-state index in [9.17, 15) is 8.42 Å². The Kier molecular flexibility index (Phi) is 3.79. The van der Waals surface area contributed by atoms with Gasteiger partial charge in [0.25, 0.3) is 10.0 Å². The second kappa shape index (κ2) is 5.87. The van der Waals surface area contributed by atoms with E-state index in [0.29, 0.717) is 24.1 Å². The van der Waals surface area contributed by atoms with Gasteiger partial charge in [0.2, 0.25) is 0 Å². The first-order valence-electron chi connectivity index (χ1n) is 7.71. The summed E-state index contributed by atoms with van der Waals surface area (Å²) in [6, 6.07) is 12.6. The normalized spacial score (nSPS) is 12.2. The van der Waals surface area contributed by atoms with Crippen molar-refractivity contribution in [2.75, 3.05) is 6.54 Å². The molecule has 0 bridgehead atoms. The van der Waals surface area contributed by atoms with Crippen LogP contribution in [0.1, 0.15) is 5.56 Å². The van der Waals surface area contributed by atoms with E-state index in [1.807, 2.05) is 12.1 Å². The maximum atomic E-state index is 13.3. The quantitative estimate of drug-likeness (QED) is 0.595. The zero-order valence-corrected chi connectivity index (χ0v) is 14.7. The highest BCUT2D eigenvalue weighted by atomic mass is 35.5. The van der Waals surface area contributed by atoms with Crippen molar-refractivity contribution in [3.63, 3.8) is 0 Å². The van der Waals surface area contributed by atoms with Gasteiger partial charge >= 0.3 is 0 Å². The second-order valence-electron chi connectivity index (χ2n) is 5.65. The third-order valence-electron chi connectivity index (χ3n) is 4.12. The predicted molar refractivity (Wildman–Crippen MR) is 97.5 cm³/mol. The monoisotopic (exact) mass is 374 g/mol. The fourth-order valence-electron chi connectivity index (χ4n) is 3.04. The van der Waals surface area contributed by atoms with Crippen molar-refractivity contribution in [3.05, 3.63) is 65.6 Å². The summed E-state index contributed by atoms with van der Waals surface area (Å²) in [5.74, 6) is 0. The van der Waals surface area contributed by atoms with Gasteiger partial charge in [-0.15, -0.1) is 0 Å². The number of nitrogens with two attached hydrogens (primary N) is 1. The summed E-state index contributed by atoms with van der Waals surface area (Å²) in [4.78, 5) is 4.14. The number of fused-ring (bicyclic) bond motifs is 2. The SMILES string of the molecule is NCCc1cn(S(=O)(=O)c2c(Cl)nc3ccccn23)c2ccccc12. The molecule has 3 heterocycles. The average Bonchev–Trinajstić information content (AvgIpc) is 3.13. The molecule has 0 unspecified atom stereocenters. The Balaban J connectivity index is 2.03. The summed E-state index contributed by atoms with van der Waals surface area (Å²) >= 11 is 6.18. The molecule has 128 valence electrons. The molecule has 0 aliphatic heterocycles. The average molecular weight is 375 g/mol. The van der Waals surface area contributed by atoms with Crippen molar-refractivity contribution in [3.8, 4) is 0 Å². The molecule has 0 spiro atoms. The summed E-state index contributed by atoms with van der Waals surface area (Å²) in [6.45, 7) is 0.435. The van der Waals surface area contributed by atoms with Crippen LogP contribution in [0.5, 0.6) is 0 Å². The third-order valence-corrected chi connectivity index (χ3v) is 6.20. The molecule has 2 N–H and O–H groups in total. The minimum Gasteiger partial charge on any atom is -0.330 e. The fraction of sp³-hybridized carbons (Fsp3) is 0.118. The number of hydrogen-bond donors (Lipinski definition) is 1. The maximum absolute atomic E-state index is 13.3. The Morgan fingerprint density at radius 1 is 1.12 bits per heavy atom. The van der Waals surface area contributed by atoms with Crippen molar-refractivity contribution in [1.29, 1.82) is 0 Å². The van der Waals surface area contributed by atoms with E-state index >= 15 is 0 Å². The van der Waals surface area contributed by atoms with Gasteiger partial charge in [-0.3, -0.25) is 4.40 Å². The summed E-state index contributed by atoms with van der Waals surface area (Å²) in [5.41, 5.74) is 7.62. The van der Waals surface area contributed by atoms with E-state index < -0.39 is 10.0 Å². The molecule has 4 aromatic rings. The number of pyridine rings is 1. The number of imidazole rings is 1. The number of rotatable bonds is 4. The molecule has 4 rings (SSSR count). The molecule has 6 nitrogen and oxygen atoms in total. The van der Waals surface area contributed by atoms with E-state index in [0.717, 1.165) is 10.9 Å². The lowest BCUT2D eigenvalue weighted by Gasteiger charge is -2.07. The first kappa shape index (κ1) is 16.1. The van der Waals surface area contributed by atoms with Crippen LogP contribution in [0.3, 0.4) is 0 Å². The number of halogens is 1. The standard InChI is InChI=1S/C17H15ClN4O2S/c18-16-17(21-10-4-3-7-15(21)20-16)25(23,24)22-11-12(8-9-19)13-5-1-2-6-14(13)22/h1-7,10-11H,8-9,19H2. The van der Waals surface area contributed by atoms with Crippen LogP contribution in [0, 0.1) is 0 Å². The van der Waals surface area contributed by atoms with Gasteiger partial charge in [0, 0.05) is 17.8 Å². The molecule has 8 heteroatoms. The summed E-state index contributed by atoms with van der Waals surface area (Å²) in [5, 5.41) is 0.760. The van der Waals surface area contributed by atoms with Gasteiger partial charge in [-0.2, -0.15) is 8.42 Å². The molecule has 3 aromatic heterocycles. The zero-order chi connectivity index (χ0) is 17.6. The first-order chi connectivity index (χ1) is 12.0. The molecule has 25 heavy (non-hydrogen) atoms. The Labute approximate surface area is 149 Å². The summed E-state index contributed by atoms with van der Waals surface area (Å²) in [7, 11) is -3.93. The molecule has 0 amide bonds. The van der Waals surface area contributed by atoms with Crippen molar-refractivity contribution in [2.45, 2.75) is 11.4 Å². The Bertz CT molecular complexity index is 1190. The van der Waals surface area contributed by atoms with Crippen molar-refractivity contribution >= 4 is 38.2 Å². The van der Waals surface area contributed by atoms with Crippen LogP contribution in [0.4, 0.5) is 0 Å². The van der Waals surface area contributed by atoms with Crippen molar-refractivity contribution in [1.82, 2.24) is 13.4 Å². The second-order valence-corrected chi connectivity index (χ2v) is 7.74. The van der Waals surface area contributed by atoms with Gasteiger partial charge in [-0.25, -0.2) is 8.96 Å². The fourth-order valence-corrected chi connectivity index (χ4v) is 5.04.